The Bertz CT molecular complexity index is 586. The lowest BCUT2D eigenvalue weighted by Gasteiger charge is -2.31. The standard InChI is InChI=1S/C20H32Si/c1-13-14(2)16(4)19(15(13)3)21(8,9)18-11-10-17(12-18)20(5,6)7/h10,12,15H,11H2,1-9H3. The molecule has 2 aliphatic carbocycles. The molecule has 0 aliphatic heterocycles. The van der Waals surface area contributed by atoms with E-state index in [4.69, 9.17) is 0 Å². The van der Waals surface area contributed by atoms with Gasteiger partial charge in [-0.3, -0.25) is 0 Å². The molecule has 0 spiro atoms. The van der Waals surface area contributed by atoms with E-state index in [1.165, 1.54) is 12.0 Å². The minimum atomic E-state index is -1.52. The van der Waals surface area contributed by atoms with Crippen molar-refractivity contribution in [3.8, 4) is 0 Å². The fourth-order valence-electron chi connectivity index (χ4n) is 4.03. The van der Waals surface area contributed by atoms with Crippen LogP contribution in [0.1, 0.15) is 54.9 Å². The predicted molar refractivity (Wildman–Crippen MR) is 98.0 cm³/mol. The first-order valence-electron chi connectivity index (χ1n) is 8.28. The van der Waals surface area contributed by atoms with Crippen molar-refractivity contribution < 1.29 is 0 Å². The average Bonchev–Trinajstić information content (AvgIpc) is 2.92. The largest absolute Gasteiger partial charge is 0.104 e. The van der Waals surface area contributed by atoms with Crippen molar-refractivity contribution in [2.75, 3.05) is 0 Å². The first-order chi connectivity index (χ1) is 9.48. The van der Waals surface area contributed by atoms with Crippen molar-refractivity contribution in [1.29, 1.82) is 0 Å². The van der Waals surface area contributed by atoms with Crippen LogP contribution in [0.25, 0.3) is 0 Å². The SMILES string of the molecule is CC1=C(C)C(C)C([Si](C)(C)C2=CC(C(C)(C)C)=CC2)=C1C. The first-order valence-corrected chi connectivity index (χ1v) is 11.3. The molecule has 0 heterocycles. The highest BCUT2D eigenvalue weighted by Gasteiger charge is 2.39. The van der Waals surface area contributed by atoms with Gasteiger partial charge in [-0.05, 0) is 49.7 Å². The van der Waals surface area contributed by atoms with Gasteiger partial charge >= 0.3 is 0 Å². The molecule has 0 bridgehead atoms. The van der Waals surface area contributed by atoms with Gasteiger partial charge in [0.2, 0.25) is 0 Å². The van der Waals surface area contributed by atoms with Gasteiger partial charge in [0, 0.05) is 0 Å². The van der Waals surface area contributed by atoms with Crippen LogP contribution < -0.4 is 0 Å². The normalized spacial score (nSPS) is 24.0. The minimum Gasteiger partial charge on any atom is -0.0771 e. The van der Waals surface area contributed by atoms with Crippen LogP contribution >= 0.6 is 0 Å². The second-order valence-electron chi connectivity index (χ2n) is 8.48. The van der Waals surface area contributed by atoms with Crippen LogP contribution in [0.5, 0.6) is 0 Å². The lowest BCUT2D eigenvalue weighted by Crippen LogP contribution is -2.35. The number of allylic oxidation sites excluding steroid dienone is 8. The summed E-state index contributed by atoms with van der Waals surface area (Å²) in [6.07, 6.45) is 6.17. The molecular weight excluding hydrogens is 268 g/mol. The summed E-state index contributed by atoms with van der Waals surface area (Å²) in [6.45, 7) is 21.5. The Balaban J connectivity index is 2.39. The molecule has 2 aliphatic rings. The van der Waals surface area contributed by atoms with Crippen LogP contribution in [0, 0.1) is 11.3 Å². The summed E-state index contributed by atoms with van der Waals surface area (Å²) >= 11 is 0. The molecule has 0 radical (unpaired) electrons. The molecule has 116 valence electrons. The molecule has 0 N–H and O–H groups in total. The van der Waals surface area contributed by atoms with Gasteiger partial charge in [-0.25, -0.2) is 0 Å². The molecule has 1 atom stereocenters. The van der Waals surface area contributed by atoms with Crippen LogP contribution in [-0.4, -0.2) is 8.07 Å². The van der Waals surface area contributed by atoms with E-state index >= 15 is 0 Å². The van der Waals surface area contributed by atoms with Gasteiger partial charge in [-0.2, -0.15) is 0 Å². The summed E-state index contributed by atoms with van der Waals surface area (Å²) in [5.74, 6) is 0.645. The minimum absolute atomic E-state index is 0.279. The predicted octanol–water partition coefficient (Wildman–Crippen LogP) is 6.38. The average molecular weight is 301 g/mol. The van der Waals surface area contributed by atoms with Gasteiger partial charge in [0.05, 0.1) is 0 Å². The van der Waals surface area contributed by atoms with E-state index in [-0.39, 0.29) is 5.41 Å². The zero-order chi connectivity index (χ0) is 16.2. The summed E-state index contributed by atoms with van der Waals surface area (Å²) in [6, 6.07) is 0. The lowest BCUT2D eigenvalue weighted by molar-refractivity contribution is 0.518. The highest BCUT2D eigenvalue weighted by Crippen LogP contribution is 2.46. The maximum Gasteiger partial charge on any atom is 0.104 e. The lowest BCUT2D eigenvalue weighted by atomic mass is 9.87. The molecule has 0 nitrogen and oxygen atoms in total. The van der Waals surface area contributed by atoms with Crippen LogP contribution in [-0.2, 0) is 0 Å². The first kappa shape index (κ1) is 16.5. The van der Waals surface area contributed by atoms with E-state index in [1.54, 1.807) is 27.1 Å². The molecule has 0 aromatic rings. The van der Waals surface area contributed by atoms with Gasteiger partial charge < -0.3 is 0 Å². The Labute approximate surface area is 132 Å². The molecule has 0 saturated heterocycles. The van der Waals surface area contributed by atoms with E-state index in [9.17, 15) is 0 Å². The van der Waals surface area contributed by atoms with E-state index in [1.807, 2.05) is 0 Å². The van der Waals surface area contributed by atoms with Crippen molar-refractivity contribution >= 4 is 8.07 Å². The monoisotopic (exact) mass is 300 g/mol. The topological polar surface area (TPSA) is 0 Å². The van der Waals surface area contributed by atoms with Crippen LogP contribution in [0.15, 0.2) is 44.8 Å². The molecule has 0 aromatic heterocycles. The molecule has 0 aromatic carbocycles. The Kier molecular flexibility index (Phi) is 4.03. The zero-order valence-corrected chi connectivity index (χ0v) is 16.4. The number of rotatable bonds is 2. The van der Waals surface area contributed by atoms with Gasteiger partial charge in [-0.15, -0.1) is 0 Å². The second kappa shape index (κ2) is 5.12. The highest BCUT2D eigenvalue weighted by molar-refractivity contribution is 6.91. The van der Waals surface area contributed by atoms with Crippen LogP contribution in [0.2, 0.25) is 13.1 Å². The fraction of sp³-hybridized carbons (Fsp3) is 0.600. The van der Waals surface area contributed by atoms with Crippen LogP contribution in [0.4, 0.5) is 0 Å². The number of hydrogen-bond acceptors (Lipinski definition) is 0. The summed E-state index contributed by atoms with van der Waals surface area (Å²) in [5, 5.41) is 3.49. The molecule has 0 fully saturated rings. The summed E-state index contributed by atoms with van der Waals surface area (Å²) in [7, 11) is -1.52. The van der Waals surface area contributed by atoms with Gasteiger partial charge in [0.1, 0.15) is 8.07 Å². The van der Waals surface area contributed by atoms with Crippen LogP contribution in [0.3, 0.4) is 0 Å². The smallest absolute Gasteiger partial charge is 0.0771 e. The third-order valence-corrected chi connectivity index (χ3v) is 9.96. The van der Waals surface area contributed by atoms with E-state index in [2.05, 4.69) is 73.7 Å². The number of hydrogen-bond donors (Lipinski definition) is 0. The van der Waals surface area contributed by atoms with Crippen molar-refractivity contribution in [2.45, 2.75) is 68.0 Å². The molecule has 1 unspecified atom stereocenters. The fourth-order valence-corrected chi connectivity index (χ4v) is 7.93. The third-order valence-electron chi connectivity index (χ3n) is 5.85. The van der Waals surface area contributed by atoms with Gasteiger partial charge in [0.15, 0.2) is 0 Å². The van der Waals surface area contributed by atoms with E-state index in [0.717, 1.165) is 0 Å². The van der Waals surface area contributed by atoms with Gasteiger partial charge in [0.25, 0.3) is 0 Å². The van der Waals surface area contributed by atoms with Crippen molar-refractivity contribution in [2.24, 2.45) is 11.3 Å². The van der Waals surface area contributed by atoms with E-state index in [0.29, 0.717) is 5.92 Å². The Hall–Kier alpha value is -0.823. The molecule has 2 rings (SSSR count). The summed E-state index contributed by atoms with van der Waals surface area (Å²) in [5.41, 5.74) is 6.53. The van der Waals surface area contributed by atoms with Crippen molar-refractivity contribution in [1.82, 2.24) is 0 Å². The second-order valence-corrected chi connectivity index (χ2v) is 12.9. The molecular formula is C20H32Si. The molecule has 0 saturated carbocycles. The maximum atomic E-state index is 2.56. The molecule has 21 heavy (non-hydrogen) atoms. The highest BCUT2D eigenvalue weighted by atomic mass is 28.3. The quantitative estimate of drug-likeness (QED) is 0.519. The Morgan fingerprint density at radius 2 is 1.62 bits per heavy atom. The third kappa shape index (κ3) is 2.65. The molecule has 0 amide bonds. The maximum absolute atomic E-state index is 2.56. The molecule has 1 heteroatoms. The van der Waals surface area contributed by atoms with E-state index < -0.39 is 8.07 Å². The van der Waals surface area contributed by atoms with Gasteiger partial charge in [-0.1, -0.05) is 74.5 Å². The van der Waals surface area contributed by atoms with Crippen molar-refractivity contribution in [3.63, 3.8) is 0 Å². The Morgan fingerprint density at radius 1 is 1.05 bits per heavy atom. The zero-order valence-electron chi connectivity index (χ0n) is 15.4. The summed E-state index contributed by atoms with van der Waals surface area (Å²) < 4.78 is 0. The summed E-state index contributed by atoms with van der Waals surface area (Å²) in [4.78, 5) is 0. The Morgan fingerprint density at radius 3 is 2.00 bits per heavy atom. The van der Waals surface area contributed by atoms with Crippen molar-refractivity contribution in [3.05, 3.63) is 44.8 Å².